The van der Waals surface area contributed by atoms with Crippen LogP contribution in [0.25, 0.3) is 16.5 Å². The third kappa shape index (κ3) is 3.51. The lowest BCUT2D eigenvalue weighted by atomic mass is 9.80. The molecular formula is C24H25BrN2. The summed E-state index contributed by atoms with van der Waals surface area (Å²) in [7, 11) is 0. The Morgan fingerprint density at radius 1 is 1.00 bits per heavy atom. The van der Waals surface area contributed by atoms with Gasteiger partial charge in [-0.2, -0.15) is 0 Å². The number of para-hydroxylation sites is 1. The Morgan fingerprint density at radius 2 is 1.85 bits per heavy atom. The highest BCUT2D eigenvalue weighted by molar-refractivity contribution is 9.10. The number of fused-ring (bicyclic) bond motifs is 3. The van der Waals surface area contributed by atoms with Gasteiger partial charge in [0.2, 0.25) is 0 Å². The van der Waals surface area contributed by atoms with Crippen molar-refractivity contribution in [3.63, 3.8) is 0 Å². The second-order valence-electron chi connectivity index (χ2n) is 8.02. The molecule has 1 aliphatic heterocycles. The minimum atomic E-state index is 0.588. The Labute approximate surface area is 169 Å². The molecule has 2 N–H and O–H groups in total. The number of hydrogen-bond acceptors (Lipinski definition) is 1. The van der Waals surface area contributed by atoms with Gasteiger partial charge in [-0.3, -0.25) is 0 Å². The topological polar surface area (TPSA) is 27.8 Å². The van der Waals surface area contributed by atoms with E-state index in [1.165, 1.54) is 53.4 Å². The summed E-state index contributed by atoms with van der Waals surface area (Å²) < 4.78 is 1.15. The summed E-state index contributed by atoms with van der Waals surface area (Å²) in [4.78, 5) is 3.64. The van der Waals surface area contributed by atoms with Gasteiger partial charge in [-0.1, -0.05) is 52.3 Å². The third-order valence-electron chi connectivity index (χ3n) is 6.25. The van der Waals surface area contributed by atoms with E-state index in [-0.39, 0.29) is 0 Å². The molecule has 5 rings (SSSR count). The van der Waals surface area contributed by atoms with Crippen LogP contribution in [0, 0.1) is 5.92 Å². The summed E-state index contributed by atoms with van der Waals surface area (Å²) in [5.74, 6) is 0.776. The summed E-state index contributed by atoms with van der Waals surface area (Å²) in [6.45, 7) is 0.987. The van der Waals surface area contributed by atoms with E-state index in [2.05, 4.69) is 80.8 Å². The van der Waals surface area contributed by atoms with Crippen molar-refractivity contribution in [3.05, 3.63) is 75.9 Å². The third-order valence-corrected chi connectivity index (χ3v) is 6.78. The van der Waals surface area contributed by atoms with Crippen LogP contribution >= 0.6 is 15.9 Å². The van der Waals surface area contributed by atoms with Crippen molar-refractivity contribution < 1.29 is 0 Å². The van der Waals surface area contributed by atoms with Crippen molar-refractivity contribution in [3.8, 4) is 0 Å². The van der Waals surface area contributed by atoms with Crippen molar-refractivity contribution in [1.82, 2.24) is 10.3 Å². The maximum atomic E-state index is 3.74. The van der Waals surface area contributed by atoms with E-state index in [1.54, 1.807) is 5.56 Å². The highest BCUT2D eigenvalue weighted by Crippen LogP contribution is 2.35. The van der Waals surface area contributed by atoms with Crippen molar-refractivity contribution in [2.45, 2.75) is 38.1 Å². The van der Waals surface area contributed by atoms with Crippen molar-refractivity contribution in [2.24, 2.45) is 5.92 Å². The zero-order valence-electron chi connectivity index (χ0n) is 15.5. The molecule has 0 amide bonds. The predicted molar refractivity (Wildman–Crippen MR) is 117 cm³/mol. The SMILES string of the molecule is Brc1ccc(C2=CCNC(CC3CCc4[nH]c5ccccc5c4C3)C2)cc1. The van der Waals surface area contributed by atoms with Crippen molar-refractivity contribution in [2.75, 3.05) is 6.54 Å². The van der Waals surface area contributed by atoms with Gasteiger partial charge in [-0.05, 0) is 72.9 Å². The normalized spacial score (nSPS) is 22.5. The first-order valence-electron chi connectivity index (χ1n) is 10.0. The lowest BCUT2D eigenvalue weighted by Gasteiger charge is -2.30. The zero-order chi connectivity index (χ0) is 18.2. The molecule has 2 atom stereocenters. The summed E-state index contributed by atoms with van der Waals surface area (Å²) in [5.41, 5.74) is 7.21. The average molecular weight is 421 g/mol. The number of benzene rings is 2. The minimum absolute atomic E-state index is 0.588. The number of aryl methyl sites for hydroxylation is 1. The Hall–Kier alpha value is -1.84. The Balaban J connectivity index is 1.29. The first kappa shape index (κ1) is 17.3. The van der Waals surface area contributed by atoms with Crippen LogP contribution in [-0.2, 0) is 12.8 Å². The molecule has 2 aromatic carbocycles. The van der Waals surface area contributed by atoms with Gasteiger partial charge in [0.1, 0.15) is 0 Å². The van der Waals surface area contributed by atoms with Gasteiger partial charge in [-0.25, -0.2) is 0 Å². The highest BCUT2D eigenvalue weighted by atomic mass is 79.9. The van der Waals surface area contributed by atoms with E-state index < -0.39 is 0 Å². The molecule has 2 aliphatic rings. The summed E-state index contributed by atoms with van der Waals surface area (Å²) in [6.07, 6.45) is 8.48. The van der Waals surface area contributed by atoms with Gasteiger partial charge in [0.25, 0.3) is 0 Å². The number of rotatable bonds is 3. The average Bonchev–Trinajstić information content (AvgIpc) is 3.07. The Morgan fingerprint density at radius 3 is 2.74 bits per heavy atom. The molecule has 138 valence electrons. The number of nitrogens with one attached hydrogen (secondary N) is 2. The fourth-order valence-corrected chi connectivity index (χ4v) is 5.15. The van der Waals surface area contributed by atoms with E-state index in [9.17, 15) is 0 Å². The van der Waals surface area contributed by atoms with Crippen molar-refractivity contribution >= 4 is 32.4 Å². The molecule has 27 heavy (non-hydrogen) atoms. The Bertz CT molecular complexity index is 983. The molecular weight excluding hydrogens is 396 g/mol. The molecule has 0 saturated carbocycles. The van der Waals surface area contributed by atoms with Gasteiger partial charge in [0.05, 0.1) is 0 Å². The maximum Gasteiger partial charge on any atom is 0.0458 e. The van der Waals surface area contributed by atoms with Crippen LogP contribution in [0.5, 0.6) is 0 Å². The molecule has 1 aliphatic carbocycles. The van der Waals surface area contributed by atoms with Crippen LogP contribution in [0.1, 0.15) is 36.1 Å². The van der Waals surface area contributed by atoms with Crippen molar-refractivity contribution in [1.29, 1.82) is 0 Å². The number of halogens is 1. The lowest BCUT2D eigenvalue weighted by molar-refractivity contribution is 0.356. The van der Waals surface area contributed by atoms with Gasteiger partial charge < -0.3 is 10.3 Å². The van der Waals surface area contributed by atoms with Crippen LogP contribution in [0.2, 0.25) is 0 Å². The quantitative estimate of drug-likeness (QED) is 0.544. The fraction of sp³-hybridized carbons (Fsp3) is 0.333. The van der Waals surface area contributed by atoms with Gasteiger partial charge in [0, 0.05) is 33.7 Å². The molecule has 0 bridgehead atoms. The maximum absolute atomic E-state index is 3.74. The standard InChI is InChI=1S/C24H25BrN2/c25-19-8-6-17(7-9-19)18-11-12-26-20(15-18)13-16-5-10-24-22(14-16)21-3-1-2-4-23(21)27-24/h1-4,6-9,11,16,20,26-27H,5,10,12-15H2. The van der Waals surface area contributed by atoms with Crippen LogP contribution in [0.3, 0.4) is 0 Å². The Kier molecular flexibility index (Phi) is 4.66. The van der Waals surface area contributed by atoms with Crippen LogP contribution in [0.4, 0.5) is 0 Å². The zero-order valence-corrected chi connectivity index (χ0v) is 17.1. The number of H-pyrrole nitrogens is 1. The molecule has 0 fully saturated rings. The van der Waals surface area contributed by atoms with E-state index >= 15 is 0 Å². The molecule has 3 heteroatoms. The van der Waals surface area contributed by atoms with E-state index in [1.807, 2.05) is 0 Å². The predicted octanol–water partition coefficient (Wildman–Crippen LogP) is 5.87. The second kappa shape index (κ2) is 7.29. The molecule has 0 spiro atoms. The van der Waals surface area contributed by atoms with Crippen LogP contribution in [0.15, 0.2) is 59.1 Å². The van der Waals surface area contributed by atoms with Gasteiger partial charge >= 0.3 is 0 Å². The molecule has 0 saturated heterocycles. The highest BCUT2D eigenvalue weighted by Gasteiger charge is 2.26. The smallest absolute Gasteiger partial charge is 0.0458 e. The van der Waals surface area contributed by atoms with Gasteiger partial charge in [-0.15, -0.1) is 0 Å². The monoisotopic (exact) mass is 420 g/mol. The lowest BCUT2D eigenvalue weighted by Crippen LogP contribution is -2.35. The first-order chi connectivity index (χ1) is 13.3. The molecule has 3 aromatic rings. The molecule has 1 aromatic heterocycles. The van der Waals surface area contributed by atoms with Crippen LogP contribution in [-0.4, -0.2) is 17.6 Å². The summed E-state index contributed by atoms with van der Waals surface area (Å²) >= 11 is 3.54. The summed E-state index contributed by atoms with van der Waals surface area (Å²) in [6, 6.07) is 18.1. The molecule has 0 radical (unpaired) electrons. The number of aromatic amines is 1. The van der Waals surface area contributed by atoms with Crippen LogP contribution < -0.4 is 5.32 Å². The molecule has 2 nitrogen and oxygen atoms in total. The largest absolute Gasteiger partial charge is 0.358 e. The first-order valence-corrected chi connectivity index (χ1v) is 10.8. The van der Waals surface area contributed by atoms with E-state index in [0.29, 0.717) is 6.04 Å². The molecule has 2 heterocycles. The van der Waals surface area contributed by atoms with E-state index in [0.717, 1.165) is 23.4 Å². The summed E-state index contributed by atoms with van der Waals surface area (Å²) in [5, 5.41) is 5.17. The molecule has 2 unspecified atom stereocenters. The van der Waals surface area contributed by atoms with Gasteiger partial charge in [0.15, 0.2) is 0 Å². The minimum Gasteiger partial charge on any atom is -0.358 e. The second-order valence-corrected chi connectivity index (χ2v) is 8.93. The fourth-order valence-electron chi connectivity index (χ4n) is 4.88. The van der Waals surface area contributed by atoms with E-state index in [4.69, 9.17) is 0 Å². The number of hydrogen-bond donors (Lipinski definition) is 2. The number of aromatic nitrogens is 1.